The van der Waals surface area contributed by atoms with E-state index in [1.807, 2.05) is 19.1 Å². The van der Waals surface area contributed by atoms with Crippen molar-refractivity contribution < 1.29 is 14.3 Å². The Morgan fingerprint density at radius 2 is 2.18 bits per heavy atom. The largest absolute Gasteiger partial charge is 0.387 e. The van der Waals surface area contributed by atoms with Gasteiger partial charge in [0.2, 0.25) is 5.91 Å². The van der Waals surface area contributed by atoms with Crippen LogP contribution in [0.1, 0.15) is 22.9 Å². The molecule has 22 heavy (non-hydrogen) atoms. The van der Waals surface area contributed by atoms with Crippen molar-refractivity contribution >= 4 is 17.5 Å². The van der Waals surface area contributed by atoms with Crippen molar-refractivity contribution in [1.82, 2.24) is 10.3 Å². The fraction of sp³-hybridized carbons (Fsp3) is 0.250. The molecule has 0 saturated carbocycles. The van der Waals surface area contributed by atoms with Gasteiger partial charge < -0.3 is 10.4 Å². The molecule has 0 radical (unpaired) electrons. The highest BCUT2D eigenvalue weighted by Crippen LogP contribution is 2.19. The zero-order chi connectivity index (χ0) is 16.1. The van der Waals surface area contributed by atoms with E-state index in [0.29, 0.717) is 5.56 Å². The van der Waals surface area contributed by atoms with Gasteiger partial charge >= 0.3 is 0 Å². The van der Waals surface area contributed by atoms with E-state index < -0.39 is 11.9 Å². The second kappa shape index (κ2) is 7.33. The summed E-state index contributed by atoms with van der Waals surface area (Å²) in [5.41, 5.74) is 2.03. The number of rotatable bonds is 5. The van der Waals surface area contributed by atoms with Crippen LogP contribution in [0, 0.1) is 12.7 Å². The third-order valence-corrected chi connectivity index (χ3v) is 3.46. The smallest absolute Gasteiger partial charge is 0.224 e. The van der Waals surface area contributed by atoms with Crippen molar-refractivity contribution in [3.63, 3.8) is 0 Å². The van der Waals surface area contributed by atoms with Gasteiger partial charge in [-0.3, -0.25) is 9.78 Å². The number of aromatic nitrogens is 1. The molecule has 2 N–H and O–H groups in total. The third kappa shape index (κ3) is 4.51. The molecule has 2 rings (SSSR count). The summed E-state index contributed by atoms with van der Waals surface area (Å²) in [7, 11) is 0. The first kappa shape index (κ1) is 16.4. The summed E-state index contributed by atoms with van der Waals surface area (Å²) in [5, 5.41) is 12.5. The van der Waals surface area contributed by atoms with Crippen LogP contribution in [0.15, 0.2) is 36.5 Å². The predicted octanol–water partition coefficient (Wildman–Crippen LogP) is 2.57. The van der Waals surface area contributed by atoms with Crippen LogP contribution in [0.2, 0.25) is 5.02 Å². The number of hydrogen-bond acceptors (Lipinski definition) is 3. The molecule has 0 aliphatic rings. The average molecular weight is 323 g/mol. The Hall–Kier alpha value is -1.98. The van der Waals surface area contributed by atoms with Crippen LogP contribution in [0.25, 0.3) is 0 Å². The summed E-state index contributed by atoms with van der Waals surface area (Å²) >= 11 is 5.58. The molecule has 4 nitrogen and oxygen atoms in total. The van der Waals surface area contributed by atoms with Crippen LogP contribution in [-0.2, 0) is 11.2 Å². The normalized spacial score (nSPS) is 12.0. The molecule has 1 atom stereocenters. The standard InChI is InChI=1S/C16H16ClFN2O2/c1-10-2-3-11(8-19-10)6-16(22)20-9-15(21)12-4-5-13(17)14(18)7-12/h2-5,7-8,15,21H,6,9H2,1H3,(H,20,22). The average Bonchev–Trinajstić information content (AvgIpc) is 2.50. The van der Waals surface area contributed by atoms with Crippen LogP contribution in [0.5, 0.6) is 0 Å². The lowest BCUT2D eigenvalue weighted by Crippen LogP contribution is -2.29. The predicted molar refractivity (Wildman–Crippen MR) is 82.1 cm³/mol. The lowest BCUT2D eigenvalue weighted by molar-refractivity contribution is -0.120. The quantitative estimate of drug-likeness (QED) is 0.889. The van der Waals surface area contributed by atoms with Crippen molar-refractivity contribution in [2.24, 2.45) is 0 Å². The number of carbonyl (C=O) groups excluding carboxylic acids is 1. The topological polar surface area (TPSA) is 62.2 Å². The number of hydrogen-bond donors (Lipinski definition) is 2. The molecule has 1 heterocycles. The Bertz CT molecular complexity index is 662. The number of aliphatic hydroxyl groups is 1. The number of amides is 1. The van der Waals surface area contributed by atoms with Gasteiger partial charge in [0.15, 0.2) is 0 Å². The first-order valence-electron chi connectivity index (χ1n) is 6.77. The van der Waals surface area contributed by atoms with Crippen LogP contribution < -0.4 is 5.32 Å². The summed E-state index contributed by atoms with van der Waals surface area (Å²) in [6.07, 6.45) is 0.821. The molecule has 6 heteroatoms. The Morgan fingerprint density at radius 3 is 2.82 bits per heavy atom. The maximum Gasteiger partial charge on any atom is 0.224 e. The molecule has 0 saturated heterocycles. The summed E-state index contributed by atoms with van der Waals surface area (Å²) in [6, 6.07) is 7.70. The molecule has 0 bridgehead atoms. The fourth-order valence-corrected chi connectivity index (χ4v) is 2.02. The van der Waals surface area contributed by atoms with Gasteiger partial charge in [-0.05, 0) is 36.2 Å². The molecule has 1 aromatic heterocycles. The molecular weight excluding hydrogens is 307 g/mol. The number of nitrogens with zero attached hydrogens (tertiary/aromatic N) is 1. The first-order valence-corrected chi connectivity index (χ1v) is 7.15. The zero-order valence-corrected chi connectivity index (χ0v) is 12.8. The summed E-state index contributed by atoms with van der Waals surface area (Å²) in [6.45, 7) is 1.87. The number of pyridine rings is 1. The lowest BCUT2D eigenvalue weighted by Gasteiger charge is -2.13. The Balaban J connectivity index is 1.87. The highest BCUT2D eigenvalue weighted by molar-refractivity contribution is 6.30. The van der Waals surface area contributed by atoms with Crippen molar-refractivity contribution in [2.45, 2.75) is 19.4 Å². The van der Waals surface area contributed by atoms with Crippen LogP contribution in [-0.4, -0.2) is 22.5 Å². The summed E-state index contributed by atoms with van der Waals surface area (Å²) in [5.74, 6) is -0.839. The van der Waals surface area contributed by atoms with E-state index in [1.54, 1.807) is 6.20 Å². The van der Waals surface area contributed by atoms with E-state index in [4.69, 9.17) is 11.6 Å². The van der Waals surface area contributed by atoms with Crippen LogP contribution in [0.4, 0.5) is 4.39 Å². The number of halogens is 2. The molecule has 1 amide bonds. The van der Waals surface area contributed by atoms with Gasteiger partial charge in [0.05, 0.1) is 17.5 Å². The Labute approximate surface area is 133 Å². The minimum absolute atomic E-state index is 0.000798. The van der Waals surface area contributed by atoms with Crippen molar-refractivity contribution in [3.05, 3.63) is 64.2 Å². The van der Waals surface area contributed by atoms with Gasteiger partial charge in [-0.1, -0.05) is 23.7 Å². The van der Waals surface area contributed by atoms with Crippen LogP contribution in [0.3, 0.4) is 0 Å². The highest BCUT2D eigenvalue weighted by atomic mass is 35.5. The minimum Gasteiger partial charge on any atom is -0.387 e. The molecular formula is C16H16ClFN2O2. The number of carbonyl (C=O) groups is 1. The second-order valence-electron chi connectivity index (χ2n) is 4.98. The number of benzene rings is 1. The molecule has 116 valence electrons. The van der Waals surface area contributed by atoms with E-state index >= 15 is 0 Å². The molecule has 0 aliphatic carbocycles. The molecule has 0 aliphatic heterocycles. The lowest BCUT2D eigenvalue weighted by atomic mass is 10.1. The molecule has 1 unspecified atom stereocenters. The number of aliphatic hydroxyl groups excluding tert-OH is 1. The first-order chi connectivity index (χ1) is 10.5. The van der Waals surface area contributed by atoms with E-state index in [1.165, 1.54) is 12.1 Å². The SMILES string of the molecule is Cc1ccc(CC(=O)NCC(O)c2ccc(Cl)c(F)c2)cn1. The van der Waals surface area contributed by atoms with Gasteiger partial charge in [-0.15, -0.1) is 0 Å². The number of aryl methyl sites for hydroxylation is 1. The maximum atomic E-state index is 13.3. The van der Waals surface area contributed by atoms with Gasteiger partial charge in [0, 0.05) is 18.4 Å². The van der Waals surface area contributed by atoms with Gasteiger partial charge in [0.1, 0.15) is 5.82 Å². The van der Waals surface area contributed by atoms with E-state index in [-0.39, 0.29) is 23.9 Å². The van der Waals surface area contributed by atoms with Crippen molar-refractivity contribution in [3.8, 4) is 0 Å². The Morgan fingerprint density at radius 1 is 1.41 bits per heavy atom. The molecule has 2 aromatic rings. The third-order valence-electron chi connectivity index (χ3n) is 3.16. The van der Waals surface area contributed by atoms with E-state index in [2.05, 4.69) is 10.3 Å². The minimum atomic E-state index is -0.994. The summed E-state index contributed by atoms with van der Waals surface area (Å²) in [4.78, 5) is 15.9. The maximum absolute atomic E-state index is 13.3. The number of nitrogens with one attached hydrogen (secondary N) is 1. The van der Waals surface area contributed by atoms with Crippen LogP contribution >= 0.6 is 11.6 Å². The molecule has 0 fully saturated rings. The second-order valence-corrected chi connectivity index (χ2v) is 5.39. The van der Waals surface area contributed by atoms with E-state index in [0.717, 1.165) is 17.3 Å². The Kier molecular flexibility index (Phi) is 5.46. The van der Waals surface area contributed by atoms with Crippen molar-refractivity contribution in [1.29, 1.82) is 0 Å². The summed E-state index contributed by atoms with van der Waals surface area (Å²) < 4.78 is 13.3. The molecule has 0 spiro atoms. The highest BCUT2D eigenvalue weighted by Gasteiger charge is 2.12. The van der Waals surface area contributed by atoms with Gasteiger partial charge in [0.25, 0.3) is 0 Å². The zero-order valence-electron chi connectivity index (χ0n) is 12.0. The fourth-order valence-electron chi connectivity index (χ4n) is 1.90. The molecule has 1 aromatic carbocycles. The van der Waals surface area contributed by atoms with Crippen molar-refractivity contribution in [2.75, 3.05) is 6.54 Å². The monoisotopic (exact) mass is 322 g/mol. The van der Waals surface area contributed by atoms with Gasteiger partial charge in [-0.25, -0.2) is 4.39 Å². The van der Waals surface area contributed by atoms with Gasteiger partial charge in [-0.2, -0.15) is 0 Å². The van der Waals surface area contributed by atoms with E-state index in [9.17, 15) is 14.3 Å².